The number of H-pyrrole nitrogens is 1. The Hall–Kier alpha value is -4.80. The number of aryl methyl sites for hydroxylation is 1. The Morgan fingerprint density at radius 2 is 2.00 bits per heavy atom. The Balaban J connectivity index is 1.92. The van der Waals surface area contributed by atoms with Crippen molar-refractivity contribution in [1.82, 2.24) is 14.9 Å². The van der Waals surface area contributed by atoms with Gasteiger partial charge in [-0.15, -0.1) is 0 Å². The number of nitrogens with one attached hydrogen (secondary N) is 1. The number of nitrogens with zero attached hydrogens (tertiary/aromatic N) is 3. The van der Waals surface area contributed by atoms with Gasteiger partial charge in [0, 0.05) is 42.3 Å². The SMILES string of the molecule is CCOC(=O)c1[nH]c(C)c(/C(O)=C2\C(=O)C(=O)N(Cc3cccnc3)[C@@H]2c2cccc([N+](=O)[O-])c2)c1C. The minimum atomic E-state index is -1.13. The van der Waals surface area contributed by atoms with Crippen LogP contribution in [0.4, 0.5) is 5.69 Å². The number of aromatic nitrogens is 2. The first-order valence-corrected chi connectivity index (χ1v) is 11.4. The van der Waals surface area contributed by atoms with Crippen LogP contribution in [-0.2, 0) is 20.9 Å². The zero-order valence-electron chi connectivity index (χ0n) is 20.3. The maximum Gasteiger partial charge on any atom is 0.355 e. The Morgan fingerprint density at radius 3 is 2.65 bits per heavy atom. The number of rotatable bonds is 7. The number of hydrogen-bond acceptors (Lipinski definition) is 8. The number of nitro groups is 1. The van der Waals surface area contributed by atoms with Crippen LogP contribution in [0.25, 0.3) is 5.76 Å². The van der Waals surface area contributed by atoms with Gasteiger partial charge >= 0.3 is 5.97 Å². The Kier molecular flexibility index (Phi) is 6.87. The van der Waals surface area contributed by atoms with Crippen molar-refractivity contribution in [2.45, 2.75) is 33.4 Å². The standard InChI is InChI=1S/C26H24N4O7/c1-4-37-26(34)21-14(2)19(15(3)28-21)23(31)20-22(17-8-5-9-18(11-17)30(35)36)29(25(33)24(20)32)13-16-7-6-10-27-12-16/h5-12,22,28,31H,4,13H2,1-3H3/b23-20+/t22-/m1/s1. The molecule has 3 heterocycles. The molecule has 1 aromatic carbocycles. The first-order valence-electron chi connectivity index (χ1n) is 11.4. The third-order valence-corrected chi connectivity index (χ3v) is 6.17. The molecule has 0 saturated carbocycles. The third kappa shape index (κ3) is 4.58. The summed E-state index contributed by atoms with van der Waals surface area (Å²) >= 11 is 0. The van der Waals surface area contributed by atoms with Gasteiger partial charge in [0.25, 0.3) is 17.4 Å². The molecule has 2 N–H and O–H groups in total. The molecule has 11 heteroatoms. The lowest BCUT2D eigenvalue weighted by Crippen LogP contribution is -2.29. The van der Waals surface area contributed by atoms with Gasteiger partial charge in [0.05, 0.1) is 23.1 Å². The van der Waals surface area contributed by atoms with Crippen molar-refractivity contribution in [1.29, 1.82) is 0 Å². The lowest BCUT2D eigenvalue weighted by Gasteiger charge is -2.25. The number of amides is 1. The minimum Gasteiger partial charge on any atom is -0.507 e. The van der Waals surface area contributed by atoms with Crippen LogP contribution in [0.15, 0.2) is 54.4 Å². The maximum absolute atomic E-state index is 13.3. The van der Waals surface area contributed by atoms with Gasteiger partial charge in [-0.25, -0.2) is 4.79 Å². The van der Waals surface area contributed by atoms with E-state index in [1.165, 1.54) is 29.3 Å². The van der Waals surface area contributed by atoms with Crippen molar-refractivity contribution in [3.05, 3.63) is 98.1 Å². The number of esters is 1. The molecule has 1 amide bonds. The van der Waals surface area contributed by atoms with Crippen molar-refractivity contribution in [3.8, 4) is 0 Å². The maximum atomic E-state index is 13.3. The lowest BCUT2D eigenvalue weighted by atomic mass is 9.93. The molecular weight excluding hydrogens is 480 g/mol. The molecule has 3 aromatic rings. The van der Waals surface area contributed by atoms with Crippen LogP contribution in [-0.4, -0.2) is 49.2 Å². The van der Waals surface area contributed by atoms with Crippen LogP contribution in [0.1, 0.15) is 51.4 Å². The molecule has 1 atom stereocenters. The highest BCUT2D eigenvalue weighted by molar-refractivity contribution is 6.46. The molecule has 1 saturated heterocycles. The number of hydrogen-bond donors (Lipinski definition) is 2. The summed E-state index contributed by atoms with van der Waals surface area (Å²) in [5, 5.41) is 22.9. The van der Waals surface area contributed by atoms with E-state index in [1.54, 1.807) is 45.2 Å². The van der Waals surface area contributed by atoms with Crippen LogP contribution in [0.3, 0.4) is 0 Å². The summed E-state index contributed by atoms with van der Waals surface area (Å²) in [5.41, 5.74) is 1.43. The summed E-state index contributed by atoms with van der Waals surface area (Å²) in [4.78, 5) is 58.0. The van der Waals surface area contributed by atoms with E-state index in [4.69, 9.17) is 4.74 Å². The number of nitro benzene ring substituents is 1. The van der Waals surface area contributed by atoms with Crippen molar-refractivity contribution in [2.24, 2.45) is 0 Å². The molecule has 37 heavy (non-hydrogen) atoms. The number of carbonyl (C=O) groups excluding carboxylic acids is 3. The normalized spacial score (nSPS) is 16.7. The van der Waals surface area contributed by atoms with Crippen LogP contribution in [0.5, 0.6) is 0 Å². The molecule has 11 nitrogen and oxygen atoms in total. The van der Waals surface area contributed by atoms with E-state index in [9.17, 15) is 29.6 Å². The fourth-order valence-electron chi connectivity index (χ4n) is 4.53. The van der Waals surface area contributed by atoms with Gasteiger partial charge in [0.1, 0.15) is 11.5 Å². The summed E-state index contributed by atoms with van der Waals surface area (Å²) < 4.78 is 5.06. The van der Waals surface area contributed by atoms with Crippen LogP contribution in [0.2, 0.25) is 0 Å². The molecule has 0 aliphatic carbocycles. The number of likely N-dealkylation sites (tertiary alicyclic amines) is 1. The van der Waals surface area contributed by atoms with Gasteiger partial charge in [-0.05, 0) is 43.5 Å². The zero-order chi connectivity index (χ0) is 26.9. The van der Waals surface area contributed by atoms with Gasteiger partial charge in [0.15, 0.2) is 0 Å². The van der Waals surface area contributed by atoms with Gasteiger partial charge < -0.3 is 19.7 Å². The van der Waals surface area contributed by atoms with Crippen LogP contribution >= 0.6 is 0 Å². The monoisotopic (exact) mass is 504 g/mol. The summed E-state index contributed by atoms with van der Waals surface area (Å²) in [5.74, 6) is -2.95. The quantitative estimate of drug-likeness (QED) is 0.123. The number of benzene rings is 1. The van der Waals surface area contributed by atoms with Crippen molar-refractivity contribution >= 4 is 29.1 Å². The summed E-state index contributed by atoms with van der Waals surface area (Å²) in [6.45, 7) is 4.97. The van der Waals surface area contributed by atoms with E-state index < -0.39 is 34.4 Å². The largest absolute Gasteiger partial charge is 0.507 e. The second-order valence-electron chi connectivity index (χ2n) is 8.49. The smallest absolute Gasteiger partial charge is 0.355 e. The van der Waals surface area contributed by atoms with Gasteiger partial charge in [-0.2, -0.15) is 0 Å². The second-order valence-corrected chi connectivity index (χ2v) is 8.49. The lowest BCUT2D eigenvalue weighted by molar-refractivity contribution is -0.384. The van der Waals surface area contributed by atoms with E-state index in [-0.39, 0.29) is 41.2 Å². The van der Waals surface area contributed by atoms with E-state index in [2.05, 4.69) is 9.97 Å². The first kappa shape index (κ1) is 25.3. The van der Waals surface area contributed by atoms with Crippen molar-refractivity contribution < 1.29 is 29.2 Å². The average Bonchev–Trinajstić information content (AvgIpc) is 3.32. The van der Waals surface area contributed by atoms with Crippen LogP contribution in [0, 0.1) is 24.0 Å². The van der Waals surface area contributed by atoms with Gasteiger partial charge in [0.2, 0.25) is 0 Å². The number of Topliss-reactive ketones (excluding diaryl/α,β-unsaturated/α-hetero) is 1. The number of ketones is 1. The van der Waals surface area contributed by atoms with Gasteiger partial charge in [-0.1, -0.05) is 18.2 Å². The Bertz CT molecular complexity index is 1440. The molecule has 1 fully saturated rings. The number of aliphatic hydroxyl groups is 1. The molecule has 1 aliphatic heterocycles. The second kappa shape index (κ2) is 10.1. The highest BCUT2D eigenvalue weighted by atomic mass is 16.6. The number of carbonyl (C=O) groups is 3. The molecule has 4 rings (SSSR count). The molecule has 0 spiro atoms. The zero-order valence-corrected chi connectivity index (χ0v) is 20.3. The van der Waals surface area contributed by atoms with E-state index in [0.717, 1.165) is 0 Å². The minimum absolute atomic E-state index is 0.0261. The molecule has 0 unspecified atom stereocenters. The Labute approximate surface area is 211 Å². The molecule has 1 aliphatic rings. The van der Waals surface area contributed by atoms with Crippen LogP contribution < -0.4 is 0 Å². The van der Waals surface area contributed by atoms with Crippen molar-refractivity contribution in [3.63, 3.8) is 0 Å². The number of aliphatic hydroxyl groups excluding tert-OH is 1. The first-order chi connectivity index (χ1) is 17.6. The predicted octanol–water partition coefficient (Wildman–Crippen LogP) is 3.73. The predicted molar refractivity (Wildman–Crippen MR) is 131 cm³/mol. The summed E-state index contributed by atoms with van der Waals surface area (Å²) in [7, 11) is 0. The number of aromatic amines is 1. The van der Waals surface area contributed by atoms with E-state index in [1.807, 2.05) is 0 Å². The molecule has 0 radical (unpaired) electrons. The third-order valence-electron chi connectivity index (χ3n) is 6.17. The molecule has 190 valence electrons. The topological polar surface area (TPSA) is 156 Å². The van der Waals surface area contributed by atoms with E-state index in [0.29, 0.717) is 16.8 Å². The summed E-state index contributed by atoms with van der Waals surface area (Å²) in [6.07, 6.45) is 3.10. The fraction of sp³-hybridized carbons (Fsp3) is 0.231. The van der Waals surface area contributed by atoms with Gasteiger partial charge in [-0.3, -0.25) is 24.7 Å². The molecule has 2 aromatic heterocycles. The number of non-ortho nitro benzene ring substituents is 1. The molecule has 0 bridgehead atoms. The average molecular weight is 504 g/mol. The molecular formula is C26H24N4O7. The number of pyridine rings is 1. The highest BCUT2D eigenvalue weighted by Crippen LogP contribution is 2.42. The fourth-order valence-corrected chi connectivity index (χ4v) is 4.53. The van der Waals surface area contributed by atoms with Crippen molar-refractivity contribution in [2.75, 3.05) is 6.61 Å². The van der Waals surface area contributed by atoms with E-state index >= 15 is 0 Å². The summed E-state index contributed by atoms with van der Waals surface area (Å²) in [6, 6.07) is 7.83. The number of ether oxygens (including phenoxy) is 1. The Morgan fingerprint density at radius 1 is 1.24 bits per heavy atom. The highest BCUT2D eigenvalue weighted by Gasteiger charge is 2.47.